The molecule has 0 spiro atoms. The number of ether oxygens (including phenoxy) is 2. The number of benzene rings is 2. The summed E-state index contributed by atoms with van der Waals surface area (Å²) in [5, 5.41) is 8.44. The molecule has 3 aromatic rings. The van der Waals surface area contributed by atoms with E-state index in [9.17, 15) is 32.3 Å². The van der Waals surface area contributed by atoms with Crippen LogP contribution in [0.1, 0.15) is 43.7 Å². The maximum Gasteiger partial charge on any atom is 0.491 e. The fourth-order valence-electron chi connectivity index (χ4n) is 4.30. The van der Waals surface area contributed by atoms with E-state index in [1.54, 1.807) is 36.5 Å². The number of alkyl halides is 3. The third-order valence-electron chi connectivity index (χ3n) is 6.61. The molecule has 1 heterocycles. The standard InChI is InChI=1S/C32H35F3N4O6/c1-44-20-17-25(38-28(40)12-6-8-19-37-27-11-5-7-18-36-27)30(42)39-26(21-29(41)45-31(43)32(33,34)35)24-15-13-23(14-16-24)22-9-3-2-4-10-22/h2-5,7,9-11,13-16,18,25-26H,6,8,12,17,19-21H2,1H3,(H,36,37)(H,38,40)(H,39,42)/t25-,26?/m0/s1. The monoisotopic (exact) mass is 628 g/mol. The Labute approximate surface area is 258 Å². The minimum atomic E-state index is -5.37. The molecule has 2 atom stereocenters. The first kappa shape index (κ1) is 34.7. The lowest BCUT2D eigenvalue weighted by Gasteiger charge is -2.24. The van der Waals surface area contributed by atoms with Crippen LogP contribution >= 0.6 is 0 Å². The van der Waals surface area contributed by atoms with Gasteiger partial charge in [0, 0.05) is 32.9 Å². The van der Waals surface area contributed by atoms with Gasteiger partial charge < -0.3 is 25.4 Å². The summed E-state index contributed by atoms with van der Waals surface area (Å²) in [6, 6.07) is 19.2. The van der Waals surface area contributed by atoms with Crippen LogP contribution in [0.4, 0.5) is 19.0 Å². The number of nitrogens with one attached hydrogen (secondary N) is 3. The molecule has 240 valence electrons. The van der Waals surface area contributed by atoms with Crippen LogP contribution in [0.15, 0.2) is 79.0 Å². The van der Waals surface area contributed by atoms with Gasteiger partial charge >= 0.3 is 18.1 Å². The molecule has 1 aromatic heterocycles. The fraction of sp³-hybridized carbons (Fsp3) is 0.344. The second-order valence-electron chi connectivity index (χ2n) is 10.0. The number of hydrogen-bond donors (Lipinski definition) is 3. The van der Waals surface area contributed by atoms with E-state index in [1.807, 2.05) is 42.5 Å². The van der Waals surface area contributed by atoms with Crippen LogP contribution in [0, 0.1) is 0 Å². The summed E-state index contributed by atoms with van der Waals surface area (Å²) >= 11 is 0. The highest BCUT2D eigenvalue weighted by Crippen LogP contribution is 2.25. The molecule has 10 nitrogen and oxygen atoms in total. The molecule has 0 fully saturated rings. The number of rotatable bonds is 16. The van der Waals surface area contributed by atoms with E-state index in [4.69, 9.17) is 4.74 Å². The fourth-order valence-corrected chi connectivity index (χ4v) is 4.30. The molecular formula is C32H35F3N4O6. The van der Waals surface area contributed by atoms with Crippen molar-refractivity contribution in [1.29, 1.82) is 0 Å². The van der Waals surface area contributed by atoms with Crippen molar-refractivity contribution in [2.24, 2.45) is 0 Å². The summed E-state index contributed by atoms with van der Waals surface area (Å²) in [4.78, 5) is 53.8. The lowest BCUT2D eigenvalue weighted by atomic mass is 9.98. The minimum absolute atomic E-state index is 0.0893. The van der Waals surface area contributed by atoms with Crippen molar-refractivity contribution in [2.45, 2.75) is 50.4 Å². The van der Waals surface area contributed by atoms with Gasteiger partial charge in [-0.1, -0.05) is 60.7 Å². The largest absolute Gasteiger partial charge is 0.491 e. The van der Waals surface area contributed by atoms with Crippen LogP contribution in [-0.2, 0) is 28.7 Å². The predicted octanol–water partition coefficient (Wildman–Crippen LogP) is 4.73. The number of esters is 2. The van der Waals surface area contributed by atoms with Crippen LogP contribution in [0.3, 0.4) is 0 Å². The van der Waals surface area contributed by atoms with E-state index in [0.29, 0.717) is 30.8 Å². The molecule has 2 aromatic carbocycles. The van der Waals surface area contributed by atoms with Gasteiger partial charge in [0.05, 0.1) is 12.5 Å². The topological polar surface area (TPSA) is 136 Å². The van der Waals surface area contributed by atoms with E-state index >= 15 is 0 Å². The molecule has 0 radical (unpaired) electrons. The molecule has 0 aliphatic heterocycles. The molecule has 3 N–H and O–H groups in total. The molecule has 1 unspecified atom stereocenters. The molecule has 0 bridgehead atoms. The van der Waals surface area contributed by atoms with Crippen molar-refractivity contribution in [3.8, 4) is 11.1 Å². The normalized spacial score (nSPS) is 12.4. The number of amides is 2. The second kappa shape index (κ2) is 17.5. The van der Waals surface area contributed by atoms with Gasteiger partial charge in [-0.2, -0.15) is 13.2 Å². The molecule has 0 saturated carbocycles. The number of anilines is 1. The van der Waals surface area contributed by atoms with Crippen molar-refractivity contribution >= 4 is 29.6 Å². The third kappa shape index (κ3) is 12.0. The van der Waals surface area contributed by atoms with Gasteiger partial charge in [0.25, 0.3) is 0 Å². The SMILES string of the molecule is COCC[C@H](NC(=O)CCCCNc1ccccn1)C(=O)NC(CC(=O)OC(=O)C(F)(F)F)c1ccc(-c2ccccc2)cc1. The van der Waals surface area contributed by atoms with Crippen LogP contribution in [0.2, 0.25) is 0 Å². The Kier molecular flexibility index (Phi) is 13.5. The number of methoxy groups -OCH3 is 1. The number of pyridine rings is 1. The maximum absolute atomic E-state index is 13.4. The molecule has 0 aliphatic rings. The summed E-state index contributed by atoms with van der Waals surface area (Å²) < 4.78 is 47.1. The molecule has 0 saturated heterocycles. The third-order valence-corrected chi connectivity index (χ3v) is 6.61. The van der Waals surface area contributed by atoms with Gasteiger partial charge in [-0.25, -0.2) is 9.78 Å². The second-order valence-corrected chi connectivity index (χ2v) is 10.0. The lowest BCUT2D eigenvalue weighted by Crippen LogP contribution is -2.48. The number of unbranched alkanes of at least 4 members (excludes halogenated alkanes) is 1. The summed E-state index contributed by atoms with van der Waals surface area (Å²) in [5.41, 5.74) is 2.09. The number of aromatic nitrogens is 1. The van der Waals surface area contributed by atoms with E-state index < -0.39 is 42.5 Å². The Morgan fingerprint density at radius 3 is 2.20 bits per heavy atom. The summed E-state index contributed by atoms with van der Waals surface area (Å²) in [7, 11) is 1.43. The number of halogens is 3. The maximum atomic E-state index is 13.4. The van der Waals surface area contributed by atoms with Crippen LogP contribution in [0.5, 0.6) is 0 Å². The van der Waals surface area contributed by atoms with Gasteiger partial charge in [0.15, 0.2) is 0 Å². The summed E-state index contributed by atoms with van der Waals surface area (Å²) in [5.74, 6) is -4.49. The average Bonchev–Trinajstić information content (AvgIpc) is 3.03. The summed E-state index contributed by atoms with van der Waals surface area (Å²) in [6.07, 6.45) is -3.06. The summed E-state index contributed by atoms with van der Waals surface area (Å²) in [6.45, 7) is 0.709. The Morgan fingerprint density at radius 2 is 1.56 bits per heavy atom. The first-order valence-corrected chi connectivity index (χ1v) is 14.3. The molecular weight excluding hydrogens is 593 g/mol. The Balaban J connectivity index is 1.67. The zero-order chi connectivity index (χ0) is 32.7. The highest BCUT2D eigenvalue weighted by atomic mass is 19.4. The van der Waals surface area contributed by atoms with Gasteiger partial charge in [-0.3, -0.25) is 14.4 Å². The van der Waals surface area contributed by atoms with Crippen molar-refractivity contribution in [3.63, 3.8) is 0 Å². The molecule has 0 aliphatic carbocycles. The Morgan fingerprint density at radius 1 is 0.867 bits per heavy atom. The highest BCUT2D eigenvalue weighted by Gasteiger charge is 2.42. The molecule has 3 rings (SSSR count). The average molecular weight is 629 g/mol. The van der Waals surface area contributed by atoms with Crippen molar-refractivity contribution in [3.05, 3.63) is 84.6 Å². The highest BCUT2D eigenvalue weighted by molar-refractivity contribution is 5.90. The van der Waals surface area contributed by atoms with E-state index in [2.05, 4.69) is 25.7 Å². The van der Waals surface area contributed by atoms with E-state index in [1.165, 1.54) is 7.11 Å². The first-order chi connectivity index (χ1) is 21.6. The van der Waals surface area contributed by atoms with E-state index in [-0.39, 0.29) is 25.4 Å². The van der Waals surface area contributed by atoms with Gasteiger partial charge in [-0.15, -0.1) is 0 Å². The molecule has 13 heteroatoms. The zero-order valence-corrected chi connectivity index (χ0v) is 24.6. The Bertz CT molecular complexity index is 1390. The van der Waals surface area contributed by atoms with Gasteiger partial charge in [0.1, 0.15) is 11.9 Å². The zero-order valence-electron chi connectivity index (χ0n) is 24.6. The van der Waals surface area contributed by atoms with Gasteiger partial charge in [0.2, 0.25) is 11.8 Å². The number of nitrogens with zero attached hydrogens (tertiary/aromatic N) is 1. The number of hydrogen-bond acceptors (Lipinski definition) is 8. The lowest BCUT2D eigenvalue weighted by molar-refractivity contribution is -0.202. The Hall–Kier alpha value is -4.78. The number of carbonyl (C=O) groups excluding carboxylic acids is 4. The van der Waals surface area contributed by atoms with Crippen molar-refractivity contribution in [1.82, 2.24) is 15.6 Å². The van der Waals surface area contributed by atoms with Gasteiger partial charge in [-0.05, 0) is 48.1 Å². The molecule has 45 heavy (non-hydrogen) atoms. The smallest absolute Gasteiger partial charge is 0.386 e. The van der Waals surface area contributed by atoms with E-state index in [0.717, 1.165) is 11.1 Å². The van der Waals surface area contributed by atoms with Crippen LogP contribution in [-0.4, -0.2) is 61.2 Å². The minimum Gasteiger partial charge on any atom is -0.386 e. The van der Waals surface area contributed by atoms with Crippen molar-refractivity contribution in [2.75, 3.05) is 25.6 Å². The van der Waals surface area contributed by atoms with Crippen molar-refractivity contribution < 1.29 is 41.8 Å². The predicted molar refractivity (Wildman–Crippen MR) is 160 cm³/mol. The molecule has 2 amide bonds. The quantitative estimate of drug-likeness (QED) is 0.118. The first-order valence-electron chi connectivity index (χ1n) is 14.3. The van der Waals surface area contributed by atoms with Crippen LogP contribution in [0.25, 0.3) is 11.1 Å². The van der Waals surface area contributed by atoms with Crippen LogP contribution < -0.4 is 16.0 Å². The number of carbonyl (C=O) groups is 4.